The van der Waals surface area contributed by atoms with Gasteiger partial charge in [0.1, 0.15) is 5.82 Å². The number of benzene rings is 2. The van der Waals surface area contributed by atoms with E-state index in [1.165, 1.54) is 9.87 Å². The van der Waals surface area contributed by atoms with Gasteiger partial charge in [0.15, 0.2) is 0 Å². The van der Waals surface area contributed by atoms with Crippen molar-refractivity contribution in [1.29, 1.82) is 0 Å². The molecule has 1 aromatic heterocycles. The van der Waals surface area contributed by atoms with Gasteiger partial charge in [-0.05, 0) is 61.9 Å². The largest absolute Gasteiger partial charge is 0.331 e. The fraction of sp³-hybridized carbons (Fsp3) is 0.462. The number of imidazole rings is 1. The first-order valence-corrected chi connectivity index (χ1v) is 13.9. The fourth-order valence-corrected chi connectivity index (χ4v) is 6.90. The first-order chi connectivity index (χ1) is 16.9. The van der Waals surface area contributed by atoms with Gasteiger partial charge in [-0.3, -0.25) is 4.79 Å². The third-order valence-corrected chi connectivity index (χ3v) is 9.21. The van der Waals surface area contributed by atoms with Crippen LogP contribution in [0.2, 0.25) is 0 Å². The van der Waals surface area contributed by atoms with Crippen molar-refractivity contribution in [1.82, 2.24) is 18.2 Å². The highest BCUT2D eigenvalue weighted by atomic mass is 32.2. The maximum atomic E-state index is 12.9. The lowest BCUT2D eigenvalue weighted by Gasteiger charge is -2.33. The molecule has 1 amide bonds. The number of hydrogen-bond donors (Lipinski definition) is 1. The normalized spacial score (nSPS) is 19.9. The number of aryl methyl sites for hydroxylation is 3. The van der Waals surface area contributed by atoms with Crippen LogP contribution < -0.4 is 5.32 Å². The van der Waals surface area contributed by atoms with E-state index in [0.717, 1.165) is 48.2 Å². The van der Waals surface area contributed by atoms with Crippen LogP contribution in [0.4, 0.5) is 5.69 Å². The Labute approximate surface area is 207 Å². The predicted molar refractivity (Wildman–Crippen MR) is 137 cm³/mol. The van der Waals surface area contributed by atoms with E-state index in [0.29, 0.717) is 32.5 Å². The Kier molecular flexibility index (Phi) is 6.91. The summed E-state index contributed by atoms with van der Waals surface area (Å²) in [7, 11) is -1.42. The summed E-state index contributed by atoms with van der Waals surface area (Å²) >= 11 is 0. The Morgan fingerprint density at radius 1 is 0.971 bits per heavy atom. The molecule has 186 valence electrons. The van der Waals surface area contributed by atoms with Crippen LogP contribution in [0.3, 0.4) is 0 Å². The van der Waals surface area contributed by atoms with Crippen LogP contribution in [0.1, 0.15) is 37.1 Å². The predicted octanol–water partition coefficient (Wildman–Crippen LogP) is 3.35. The van der Waals surface area contributed by atoms with E-state index in [9.17, 15) is 13.2 Å². The minimum absolute atomic E-state index is 0.112. The number of carbonyl (C=O) groups excluding carboxylic acids is 1. The third-order valence-electron chi connectivity index (χ3n) is 7.21. The quantitative estimate of drug-likeness (QED) is 0.545. The van der Waals surface area contributed by atoms with Gasteiger partial charge in [0.2, 0.25) is 5.91 Å². The molecule has 3 heterocycles. The van der Waals surface area contributed by atoms with E-state index in [2.05, 4.69) is 16.0 Å². The van der Waals surface area contributed by atoms with Crippen molar-refractivity contribution >= 4 is 32.8 Å². The topological polar surface area (TPSA) is 87.5 Å². The second kappa shape index (κ2) is 10.1. The molecule has 9 heteroatoms. The summed E-state index contributed by atoms with van der Waals surface area (Å²) in [4.78, 5) is 17.7. The van der Waals surface area contributed by atoms with E-state index in [1.807, 2.05) is 49.5 Å². The van der Waals surface area contributed by atoms with Crippen molar-refractivity contribution in [3.05, 3.63) is 59.9 Å². The van der Waals surface area contributed by atoms with Crippen molar-refractivity contribution in [2.24, 2.45) is 13.0 Å². The van der Waals surface area contributed by atoms with Gasteiger partial charge in [-0.15, -0.1) is 0 Å². The van der Waals surface area contributed by atoms with E-state index in [1.54, 1.807) is 4.31 Å². The lowest BCUT2D eigenvalue weighted by Crippen LogP contribution is -2.49. The van der Waals surface area contributed by atoms with Crippen LogP contribution >= 0.6 is 0 Å². The number of amides is 1. The van der Waals surface area contributed by atoms with Gasteiger partial charge in [-0.25, -0.2) is 4.98 Å². The number of rotatable bonds is 7. The highest BCUT2D eigenvalue weighted by molar-refractivity contribution is 7.86. The molecule has 0 radical (unpaired) electrons. The molecule has 0 saturated carbocycles. The van der Waals surface area contributed by atoms with Crippen LogP contribution in [-0.2, 0) is 34.9 Å². The highest BCUT2D eigenvalue weighted by Crippen LogP contribution is 2.25. The van der Waals surface area contributed by atoms with Crippen molar-refractivity contribution in [3.63, 3.8) is 0 Å². The number of carbonyl (C=O) groups is 1. The van der Waals surface area contributed by atoms with E-state index in [4.69, 9.17) is 4.98 Å². The number of piperidine rings is 1. The van der Waals surface area contributed by atoms with Gasteiger partial charge in [-0.2, -0.15) is 17.0 Å². The van der Waals surface area contributed by atoms with Crippen LogP contribution in [-0.4, -0.2) is 58.7 Å². The molecule has 0 bridgehead atoms. The second-order valence-corrected chi connectivity index (χ2v) is 11.5. The van der Waals surface area contributed by atoms with E-state index < -0.39 is 10.2 Å². The van der Waals surface area contributed by atoms with Crippen molar-refractivity contribution in [3.8, 4) is 0 Å². The zero-order valence-corrected chi connectivity index (χ0v) is 21.0. The average Bonchev–Trinajstić information content (AvgIpc) is 3.53. The number of nitrogens with zero attached hydrogens (tertiary/aromatic N) is 4. The molecule has 8 nitrogen and oxygen atoms in total. The molecular weight excluding hydrogens is 462 g/mol. The molecule has 2 saturated heterocycles. The zero-order valence-electron chi connectivity index (χ0n) is 20.2. The fourth-order valence-electron chi connectivity index (χ4n) is 5.12. The van der Waals surface area contributed by atoms with Crippen LogP contribution in [0.15, 0.2) is 48.5 Å². The lowest BCUT2D eigenvalue weighted by molar-refractivity contribution is -0.120. The highest BCUT2D eigenvalue weighted by Gasteiger charge is 2.36. The monoisotopic (exact) mass is 495 g/mol. The van der Waals surface area contributed by atoms with Gasteiger partial charge >= 0.3 is 0 Å². The lowest BCUT2D eigenvalue weighted by atomic mass is 9.98. The van der Waals surface area contributed by atoms with Gasteiger partial charge in [0.05, 0.1) is 17.0 Å². The minimum Gasteiger partial charge on any atom is -0.331 e. The molecule has 2 aromatic carbocycles. The van der Waals surface area contributed by atoms with Crippen LogP contribution in [0, 0.1) is 5.92 Å². The molecule has 1 N–H and O–H groups in total. The molecule has 35 heavy (non-hydrogen) atoms. The summed E-state index contributed by atoms with van der Waals surface area (Å²) in [6.45, 7) is 1.90. The zero-order chi connectivity index (χ0) is 24.4. The summed E-state index contributed by atoms with van der Waals surface area (Å²) in [6, 6.07) is 16.0. The summed E-state index contributed by atoms with van der Waals surface area (Å²) in [5.74, 6) is 0.603. The number of anilines is 1. The molecule has 1 atom stereocenters. The van der Waals surface area contributed by atoms with E-state index >= 15 is 0 Å². The van der Waals surface area contributed by atoms with Gasteiger partial charge in [0.25, 0.3) is 10.2 Å². The Morgan fingerprint density at radius 3 is 2.43 bits per heavy atom. The SMILES string of the molecule is Cn1c(CCc2ccc(NC(=O)[C@H]3CCCN(S(=O)(=O)N4CCCC4)C3)cc2)nc2ccccc21. The average molecular weight is 496 g/mol. The molecule has 5 rings (SSSR count). The molecule has 3 aromatic rings. The third kappa shape index (κ3) is 5.12. The second-order valence-electron chi connectivity index (χ2n) is 9.57. The number of nitrogens with one attached hydrogen (secondary N) is 1. The van der Waals surface area contributed by atoms with Gasteiger partial charge in [-0.1, -0.05) is 24.3 Å². The molecule has 0 unspecified atom stereocenters. The van der Waals surface area contributed by atoms with Crippen molar-refractivity contribution in [2.75, 3.05) is 31.5 Å². The summed E-state index contributed by atoms with van der Waals surface area (Å²) < 4.78 is 31.0. The first kappa shape index (κ1) is 24.0. The van der Waals surface area contributed by atoms with Gasteiger partial charge < -0.3 is 9.88 Å². The molecule has 2 aliphatic heterocycles. The number of hydrogen-bond acceptors (Lipinski definition) is 4. The smallest absolute Gasteiger partial charge is 0.281 e. The van der Waals surface area contributed by atoms with Crippen molar-refractivity contribution in [2.45, 2.75) is 38.5 Å². The van der Waals surface area contributed by atoms with Crippen LogP contribution in [0.25, 0.3) is 11.0 Å². The number of aromatic nitrogens is 2. The minimum atomic E-state index is -3.47. The Hall–Kier alpha value is -2.75. The summed E-state index contributed by atoms with van der Waals surface area (Å²) in [5.41, 5.74) is 4.06. The molecular formula is C26H33N5O3S. The Morgan fingerprint density at radius 2 is 1.69 bits per heavy atom. The maximum absolute atomic E-state index is 12.9. The van der Waals surface area contributed by atoms with E-state index in [-0.39, 0.29) is 18.4 Å². The molecule has 0 aliphatic carbocycles. The summed E-state index contributed by atoms with van der Waals surface area (Å²) in [5, 5.41) is 2.99. The molecule has 2 fully saturated rings. The van der Waals surface area contributed by atoms with Crippen LogP contribution in [0.5, 0.6) is 0 Å². The number of para-hydroxylation sites is 2. The first-order valence-electron chi connectivity index (χ1n) is 12.5. The standard InChI is InChI=1S/C26H33N5O3S/c1-29-24-9-3-2-8-23(24)28-25(29)15-12-20-10-13-22(14-11-20)27-26(32)21-7-6-18-31(19-21)35(33,34)30-16-4-5-17-30/h2-3,8-11,13-14,21H,4-7,12,15-19H2,1H3,(H,27,32)/t21-/m0/s1. The molecule has 0 spiro atoms. The summed E-state index contributed by atoms with van der Waals surface area (Å²) in [6.07, 6.45) is 4.91. The number of fused-ring (bicyclic) bond motifs is 1. The van der Waals surface area contributed by atoms with Crippen molar-refractivity contribution < 1.29 is 13.2 Å². The Balaban J connectivity index is 1.17. The Bertz CT molecular complexity index is 1300. The maximum Gasteiger partial charge on any atom is 0.281 e. The van der Waals surface area contributed by atoms with Gasteiger partial charge in [0, 0.05) is 45.3 Å². The molecule has 2 aliphatic rings.